The molecule has 0 aromatic heterocycles. The molecule has 0 bridgehead atoms. The van der Waals surface area contributed by atoms with Crippen LogP contribution in [0.3, 0.4) is 0 Å². The maximum atomic E-state index is 12.0. The van der Waals surface area contributed by atoms with Crippen LogP contribution < -0.4 is 10.2 Å². The molecule has 0 aliphatic carbocycles. The molecular weight excluding hydrogens is 419 g/mol. The van der Waals surface area contributed by atoms with E-state index in [-0.39, 0.29) is 12.3 Å². The number of carbonyl (C=O) groups excluding carboxylic acids is 1. The van der Waals surface area contributed by atoms with Crippen molar-refractivity contribution in [1.82, 2.24) is 5.43 Å². The number of halogens is 2. The molecule has 0 heterocycles. The van der Waals surface area contributed by atoms with Crippen molar-refractivity contribution in [3.05, 3.63) is 98.5 Å². The van der Waals surface area contributed by atoms with Crippen molar-refractivity contribution in [2.24, 2.45) is 5.10 Å². The molecule has 0 spiro atoms. The Morgan fingerprint density at radius 1 is 1.03 bits per heavy atom. The summed E-state index contributed by atoms with van der Waals surface area (Å²) < 4.78 is 6.00. The summed E-state index contributed by atoms with van der Waals surface area (Å²) in [5, 5.41) is 5.24. The van der Waals surface area contributed by atoms with E-state index < -0.39 is 0 Å². The van der Waals surface area contributed by atoms with Gasteiger partial charge in [-0.1, -0.05) is 59.6 Å². The third kappa shape index (κ3) is 6.09. The van der Waals surface area contributed by atoms with E-state index in [4.69, 9.17) is 27.9 Å². The highest BCUT2D eigenvalue weighted by molar-refractivity contribution is 6.35. The summed E-state index contributed by atoms with van der Waals surface area (Å²) in [7, 11) is 0. The van der Waals surface area contributed by atoms with Gasteiger partial charge in [0.15, 0.2) is 0 Å². The molecule has 30 heavy (non-hydrogen) atoms. The van der Waals surface area contributed by atoms with E-state index in [2.05, 4.69) is 10.5 Å². The Hall–Kier alpha value is -2.82. The number of amides is 1. The SMILES string of the molecule is Cc1cc(/C=N/NC(=O)Cc2ccccc2)cc(C)c1OCc1ccc(Cl)cc1Cl. The third-order valence-corrected chi connectivity index (χ3v) is 5.07. The monoisotopic (exact) mass is 440 g/mol. The van der Waals surface area contributed by atoms with Crippen molar-refractivity contribution in [2.75, 3.05) is 0 Å². The van der Waals surface area contributed by atoms with Crippen LogP contribution in [0.5, 0.6) is 5.75 Å². The molecule has 3 aromatic rings. The second-order valence-corrected chi connectivity index (χ2v) is 7.81. The molecular formula is C24H22Cl2N2O2. The van der Waals surface area contributed by atoms with Gasteiger partial charge in [0, 0.05) is 15.6 Å². The van der Waals surface area contributed by atoms with Gasteiger partial charge in [-0.05, 0) is 60.4 Å². The zero-order valence-corrected chi connectivity index (χ0v) is 18.3. The molecule has 3 aromatic carbocycles. The average molecular weight is 441 g/mol. The van der Waals surface area contributed by atoms with Gasteiger partial charge in [0.1, 0.15) is 12.4 Å². The first-order valence-corrected chi connectivity index (χ1v) is 10.2. The van der Waals surface area contributed by atoms with Crippen molar-refractivity contribution in [3.63, 3.8) is 0 Å². The second-order valence-electron chi connectivity index (χ2n) is 6.96. The van der Waals surface area contributed by atoms with Crippen LogP contribution in [-0.4, -0.2) is 12.1 Å². The first kappa shape index (κ1) is 21.9. The number of rotatable bonds is 7. The van der Waals surface area contributed by atoms with Gasteiger partial charge in [0.2, 0.25) is 5.91 Å². The predicted molar refractivity (Wildman–Crippen MR) is 123 cm³/mol. The lowest BCUT2D eigenvalue weighted by atomic mass is 10.1. The third-order valence-electron chi connectivity index (χ3n) is 4.48. The zero-order chi connectivity index (χ0) is 21.5. The molecule has 0 unspecified atom stereocenters. The predicted octanol–water partition coefficient (Wildman–Crippen LogP) is 5.88. The molecule has 0 aliphatic heterocycles. The summed E-state index contributed by atoms with van der Waals surface area (Å²) in [4.78, 5) is 12.0. The summed E-state index contributed by atoms with van der Waals surface area (Å²) in [5.41, 5.74) is 7.19. The first-order chi connectivity index (χ1) is 14.4. The normalized spacial score (nSPS) is 10.9. The summed E-state index contributed by atoms with van der Waals surface area (Å²) in [6.07, 6.45) is 1.92. The number of carbonyl (C=O) groups is 1. The molecule has 0 saturated carbocycles. The Morgan fingerprint density at radius 3 is 2.40 bits per heavy atom. The van der Waals surface area contributed by atoms with Crippen molar-refractivity contribution >= 4 is 35.3 Å². The Bertz CT molecular complexity index is 1040. The lowest BCUT2D eigenvalue weighted by Gasteiger charge is -2.14. The van der Waals surface area contributed by atoms with Crippen LogP contribution in [-0.2, 0) is 17.8 Å². The summed E-state index contributed by atoms with van der Waals surface area (Å²) in [6.45, 7) is 4.29. The van der Waals surface area contributed by atoms with Crippen molar-refractivity contribution < 1.29 is 9.53 Å². The minimum absolute atomic E-state index is 0.161. The number of hydrazone groups is 1. The Morgan fingerprint density at radius 2 is 1.73 bits per heavy atom. The van der Waals surface area contributed by atoms with Crippen LogP contribution in [0.25, 0.3) is 0 Å². The Labute approximate surface area is 186 Å². The van der Waals surface area contributed by atoms with Crippen LogP contribution in [0, 0.1) is 13.8 Å². The van der Waals surface area contributed by atoms with Crippen LogP contribution in [0.4, 0.5) is 0 Å². The summed E-state index contributed by atoms with van der Waals surface area (Å²) >= 11 is 12.2. The zero-order valence-electron chi connectivity index (χ0n) is 16.8. The smallest absolute Gasteiger partial charge is 0.244 e. The van der Waals surface area contributed by atoms with E-state index in [0.29, 0.717) is 16.7 Å². The molecule has 6 heteroatoms. The standard InChI is InChI=1S/C24H22Cl2N2O2/c1-16-10-19(14-27-28-23(29)12-18-6-4-3-5-7-18)11-17(2)24(16)30-15-20-8-9-21(25)13-22(20)26/h3-11,13-14H,12,15H2,1-2H3,(H,28,29)/b27-14+. The number of nitrogens with one attached hydrogen (secondary N) is 1. The lowest BCUT2D eigenvalue weighted by molar-refractivity contribution is -0.120. The van der Waals surface area contributed by atoms with E-state index in [0.717, 1.165) is 33.6 Å². The number of hydrogen-bond donors (Lipinski definition) is 1. The van der Waals surface area contributed by atoms with Crippen molar-refractivity contribution in [2.45, 2.75) is 26.9 Å². The highest BCUT2D eigenvalue weighted by Crippen LogP contribution is 2.27. The molecule has 1 N–H and O–H groups in total. The largest absolute Gasteiger partial charge is 0.488 e. The van der Waals surface area contributed by atoms with E-state index in [1.807, 2.05) is 62.4 Å². The molecule has 3 rings (SSSR count). The number of nitrogens with zero attached hydrogens (tertiary/aromatic N) is 1. The minimum Gasteiger partial charge on any atom is -0.488 e. The van der Waals surface area contributed by atoms with Crippen LogP contribution >= 0.6 is 23.2 Å². The van der Waals surface area contributed by atoms with Gasteiger partial charge in [-0.15, -0.1) is 0 Å². The fraction of sp³-hybridized carbons (Fsp3) is 0.167. The van der Waals surface area contributed by atoms with Gasteiger partial charge in [-0.25, -0.2) is 5.43 Å². The average Bonchev–Trinajstić information content (AvgIpc) is 2.69. The minimum atomic E-state index is -0.161. The topological polar surface area (TPSA) is 50.7 Å². The van der Waals surface area contributed by atoms with Crippen LogP contribution in [0.2, 0.25) is 10.0 Å². The van der Waals surface area contributed by atoms with Crippen LogP contribution in [0.1, 0.15) is 27.8 Å². The van der Waals surface area contributed by atoms with Gasteiger partial charge in [0.05, 0.1) is 12.6 Å². The Kier molecular flexibility index (Phi) is 7.50. The fourth-order valence-electron chi connectivity index (χ4n) is 3.07. The number of aryl methyl sites for hydroxylation is 2. The molecule has 0 aliphatic rings. The number of benzene rings is 3. The van der Waals surface area contributed by atoms with Crippen LogP contribution in [0.15, 0.2) is 65.8 Å². The van der Waals surface area contributed by atoms with Crippen molar-refractivity contribution in [3.8, 4) is 5.75 Å². The van der Waals surface area contributed by atoms with Gasteiger partial charge >= 0.3 is 0 Å². The molecule has 0 radical (unpaired) electrons. The maximum absolute atomic E-state index is 12.0. The summed E-state index contributed by atoms with van der Waals surface area (Å²) in [5.74, 6) is 0.636. The molecule has 1 amide bonds. The maximum Gasteiger partial charge on any atom is 0.244 e. The highest BCUT2D eigenvalue weighted by Gasteiger charge is 2.09. The quantitative estimate of drug-likeness (QED) is 0.368. The van der Waals surface area contributed by atoms with Gasteiger partial charge < -0.3 is 4.74 Å². The molecule has 0 saturated heterocycles. The second kappa shape index (κ2) is 10.3. The number of ether oxygens (including phenoxy) is 1. The van der Waals surface area contributed by atoms with E-state index in [9.17, 15) is 4.79 Å². The van der Waals surface area contributed by atoms with E-state index in [1.54, 1.807) is 18.3 Å². The van der Waals surface area contributed by atoms with E-state index >= 15 is 0 Å². The number of hydrogen-bond acceptors (Lipinski definition) is 3. The highest BCUT2D eigenvalue weighted by atomic mass is 35.5. The summed E-state index contributed by atoms with van der Waals surface area (Å²) in [6, 6.07) is 18.8. The fourth-order valence-corrected chi connectivity index (χ4v) is 3.54. The van der Waals surface area contributed by atoms with Crippen molar-refractivity contribution in [1.29, 1.82) is 0 Å². The first-order valence-electron chi connectivity index (χ1n) is 9.46. The van der Waals surface area contributed by atoms with Gasteiger partial charge in [-0.3, -0.25) is 4.79 Å². The molecule has 0 atom stereocenters. The van der Waals surface area contributed by atoms with Gasteiger partial charge in [0.25, 0.3) is 0 Å². The molecule has 154 valence electrons. The van der Waals surface area contributed by atoms with Gasteiger partial charge in [-0.2, -0.15) is 5.10 Å². The lowest BCUT2D eigenvalue weighted by Crippen LogP contribution is -2.19. The molecule has 0 fully saturated rings. The molecule has 4 nitrogen and oxygen atoms in total. The Balaban J connectivity index is 1.61. The van der Waals surface area contributed by atoms with E-state index in [1.165, 1.54) is 0 Å².